The quantitative estimate of drug-likeness (QED) is 0.636. The van der Waals surface area contributed by atoms with E-state index in [9.17, 15) is 20.2 Å². The van der Waals surface area contributed by atoms with Crippen LogP contribution in [0.1, 0.15) is 11.6 Å². The van der Waals surface area contributed by atoms with Crippen LogP contribution in [0.3, 0.4) is 0 Å². The normalized spacial score (nSPS) is 11.3. The maximum absolute atomic E-state index is 10.6. The molecular formula is C8H10ClN3O4. The summed E-state index contributed by atoms with van der Waals surface area (Å²) in [5.74, 6) is 0. The van der Waals surface area contributed by atoms with Gasteiger partial charge in [0.05, 0.1) is 11.5 Å². The van der Waals surface area contributed by atoms with Crippen molar-refractivity contribution >= 4 is 18.1 Å². The fraction of sp³-hybridized carbons (Fsp3) is 0.250. The Bertz CT molecular complexity index is 399. The zero-order chi connectivity index (χ0) is 11.4. The van der Waals surface area contributed by atoms with E-state index in [1.54, 1.807) is 0 Å². The number of nitrogens with zero attached hydrogens (tertiary/aromatic N) is 2. The maximum Gasteiger partial charge on any atom is 0.269 e. The Morgan fingerprint density at radius 3 is 2.38 bits per heavy atom. The van der Waals surface area contributed by atoms with Gasteiger partial charge in [-0.05, 0) is 0 Å². The molecule has 0 aliphatic rings. The van der Waals surface area contributed by atoms with Crippen molar-refractivity contribution in [1.82, 2.24) is 0 Å². The van der Waals surface area contributed by atoms with Crippen LogP contribution in [0.2, 0.25) is 0 Å². The molecule has 0 heterocycles. The largest absolute Gasteiger partial charge is 0.324 e. The van der Waals surface area contributed by atoms with Crippen LogP contribution < -0.4 is 5.73 Å². The van der Waals surface area contributed by atoms with E-state index in [0.29, 0.717) is 0 Å². The molecule has 88 valence electrons. The van der Waals surface area contributed by atoms with Crippen LogP contribution in [0.15, 0.2) is 24.3 Å². The molecule has 1 unspecified atom stereocenters. The first-order valence-corrected chi connectivity index (χ1v) is 4.14. The third-order valence-electron chi connectivity index (χ3n) is 1.94. The lowest BCUT2D eigenvalue weighted by Gasteiger charge is -2.06. The minimum Gasteiger partial charge on any atom is -0.324 e. The predicted molar refractivity (Wildman–Crippen MR) is 59.1 cm³/mol. The van der Waals surface area contributed by atoms with E-state index >= 15 is 0 Å². The van der Waals surface area contributed by atoms with Gasteiger partial charge in [-0.2, -0.15) is 0 Å². The molecule has 0 saturated heterocycles. The molecule has 0 bridgehead atoms. The standard InChI is InChI=1S/C8H9N3O4.ClH/c9-5-8(11(14)15)6-2-1-3-7(4-6)10(12)13;/h1-4,8H,5,9H2;1H. The molecule has 0 fully saturated rings. The molecule has 0 aromatic heterocycles. The Balaban J connectivity index is 0.00000225. The number of rotatable bonds is 4. The summed E-state index contributed by atoms with van der Waals surface area (Å²) >= 11 is 0. The van der Waals surface area contributed by atoms with E-state index < -0.39 is 15.9 Å². The Kier molecular flexibility index (Phi) is 5.34. The van der Waals surface area contributed by atoms with E-state index in [-0.39, 0.29) is 30.2 Å². The average Bonchev–Trinajstić information content (AvgIpc) is 2.18. The van der Waals surface area contributed by atoms with Gasteiger partial charge in [-0.25, -0.2) is 0 Å². The molecule has 1 atom stereocenters. The second-order valence-corrected chi connectivity index (χ2v) is 2.89. The zero-order valence-electron chi connectivity index (χ0n) is 8.11. The predicted octanol–water partition coefficient (Wildman–Crippen LogP) is 1.29. The summed E-state index contributed by atoms with van der Waals surface area (Å²) in [6.45, 7) is -0.186. The van der Waals surface area contributed by atoms with Gasteiger partial charge in [-0.3, -0.25) is 20.2 Å². The highest BCUT2D eigenvalue weighted by Crippen LogP contribution is 2.20. The van der Waals surface area contributed by atoms with Crippen molar-refractivity contribution in [1.29, 1.82) is 0 Å². The van der Waals surface area contributed by atoms with Crippen molar-refractivity contribution in [2.75, 3.05) is 6.54 Å². The highest BCUT2D eigenvalue weighted by Gasteiger charge is 2.22. The van der Waals surface area contributed by atoms with E-state index in [4.69, 9.17) is 5.73 Å². The summed E-state index contributed by atoms with van der Waals surface area (Å²) in [5.41, 5.74) is 5.29. The fourth-order valence-electron chi connectivity index (χ4n) is 1.19. The number of nitro benzene ring substituents is 1. The van der Waals surface area contributed by atoms with Crippen LogP contribution in [-0.4, -0.2) is 16.4 Å². The number of nitrogens with two attached hydrogens (primary N) is 1. The van der Waals surface area contributed by atoms with Crippen LogP contribution in [0.25, 0.3) is 0 Å². The SMILES string of the molecule is Cl.NCC(c1cccc([N+](=O)[O-])c1)[N+](=O)[O-]. The third kappa shape index (κ3) is 3.14. The lowest BCUT2D eigenvalue weighted by Crippen LogP contribution is -2.20. The Hall–Kier alpha value is -1.73. The first kappa shape index (κ1) is 14.3. The van der Waals surface area contributed by atoms with Crippen LogP contribution in [-0.2, 0) is 0 Å². The highest BCUT2D eigenvalue weighted by molar-refractivity contribution is 5.85. The molecule has 2 N–H and O–H groups in total. The molecule has 0 aliphatic heterocycles. The van der Waals surface area contributed by atoms with Gasteiger partial charge in [0.15, 0.2) is 0 Å². The van der Waals surface area contributed by atoms with Crippen LogP contribution in [0.5, 0.6) is 0 Å². The number of hydrogen-bond donors (Lipinski definition) is 1. The highest BCUT2D eigenvalue weighted by atomic mass is 35.5. The first-order valence-electron chi connectivity index (χ1n) is 4.14. The van der Waals surface area contributed by atoms with Crippen molar-refractivity contribution in [3.8, 4) is 0 Å². The van der Waals surface area contributed by atoms with Crippen molar-refractivity contribution in [2.24, 2.45) is 5.73 Å². The van der Waals surface area contributed by atoms with Crippen molar-refractivity contribution in [3.05, 3.63) is 50.1 Å². The molecule has 1 aromatic rings. The summed E-state index contributed by atoms with van der Waals surface area (Å²) in [6.07, 6.45) is 0. The molecule has 0 amide bonds. The molecule has 1 aromatic carbocycles. The molecule has 16 heavy (non-hydrogen) atoms. The number of non-ortho nitro benzene ring substituents is 1. The molecule has 0 radical (unpaired) electrons. The Morgan fingerprint density at radius 2 is 1.94 bits per heavy atom. The van der Waals surface area contributed by atoms with E-state index in [1.807, 2.05) is 0 Å². The van der Waals surface area contributed by atoms with Gasteiger partial charge in [0.2, 0.25) is 6.04 Å². The van der Waals surface area contributed by atoms with Gasteiger partial charge in [0.25, 0.3) is 5.69 Å². The summed E-state index contributed by atoms with van der Waals surface area (Å²) in [5, 5.41) is 21.0. The summed E-state index contributed by atoms with van der Waals surface area (Å²) in [6, 6.07) is 4.20. The number of halogens is 1. The van der Waals surface area contributed by atoms with Crippen molar-refractivity contribution in [2.45, 2.75) is 6.04 Å². The van der Waals surface area contributed by atoms with Gasteiger partial charge in [0, 0.05) is 22.6 Å². The minimum atomic E-state index is -1.09. The molecule has 8 heteroatoms. The van der Waals surface area contributed by atoms with Crippen LogP contribution >= 0.6 is 12.4 Å². The van der Waals surface area contributed by atoms with Crippen molar-refractivity contribution in [3.63, 3.8) is 0 Å². The van der Waals surface area contributed by atoms with Crippen LogP contribution in [0.4, 0.5) is 5.69 Å². The molecule has 7 nitrogen and oxygen atoms in total. The number of hydrogen-bond acceptors (Lipinski definition) is 5. The van der Waals surface area contributed by atoms with Crippen molar-refractivity contribution < 1.29 is 9.85 Å². The van der Waals surface area contributed by atoms with Gasteiger partial charge in [0.1, 0.15) is 0 Å². The smallest absolute Gasteiger partial charge is 0.269 e. The van der Waals surface area contributed by atoms with Gasteiger partial charge in [-0.15, -0.1) is 12.4 Å². The van der Waals surface area contributed by atoms with Crippen LogP contribution in [0, 0.1) is 20.2 Å². The lowest BCUT2D eigenvalue weighted by atomic mass is 10.1. The van der Waals surface area contributed by atoms with Gasteiger partial charge >= 0.3 is 0 Å². The Morgan fingerprint density at radius 1 is 1.31 bits per heavy atom. The molecular weight excluding hydrogens is 238 g/mol. The molecule has 0 aliphatic carbocycles. The van der Waals surface area contributed by atoms with E-state index in [0.717, 1.165) is 0 Å². The zero-order valence-corrected chi connectivity index (χ0v) is 8.92. The average molecular weight is 248 g/mol. The summed E-state index contributed by atoms with van der Waals surface area (Å²) in [7, 11) is 0. The topological polar surface area (TPSA) is 112 Å². The molecule has 1 rings (SSSR count). The first-order chi connectivity index (χ1) is 7.06. The summed E-state index contributed by atoms with van der Waals surface area (Å²) < 4.78 is 0. The summed E-state index contributed by atoms with van der Waals surface area (Å²) in [4.78, 5) is 19.8. The second kappa shape index (κ2) is 5.99. The monoisotopic (exact) mass is 247 g/mol. The fourth-order valence-corrected chi connectivity index (χ4v) is 1.19. The van der Waals surface area contributed by atoms with E-state index in [1.165, 1.54) is 24.3 Å². The van der Waals surface area contributed by atoms with Gasteiger partial charge in [-0.1, -0.05) is 12.1 Å². The molecule has 0 spiro atoms. The number of benzene rings is 1. The second-order valence-electron chi connectivity index (χ2n) is 2.89. The molecule has 0 saturated carbocycles. The van der Waals surface area contributed by atoms with Gasteiger partial charge < -0.3 is 5.73 Å². The maximum atomic E-state index is 10.6. The lowest BCUT2D eigenvalue weighted by molar-refractivity contribution is -0.526. The minimum absolute atomic E-state index is 0. The van der Waals surface area contributed by atoms with E-state index in [2.05, 4.69) is 0 Å². The Labute approximate surface area is 97.0 Å². The third-order valence-corrected chi connectivity index (χ3v) is 1.94. The number of nitro groups is 2.